The average molecular weight is 317 g/mol. The number of para-hydroxylation sites is 1. The zero-order valence-corrected chi connectivity index (χ0v) is 13.1. The smallest absolute Gasteiger partial charge is 0.156 e. The van der Waals surface area contributed by atoms with Gasteiger partial charge in [0.05, 0.1) is 21.7 Å². The Labute approximate surface area is 130 Å². The van der Waals surface area contributed by atoms with E-state index in [9.17, 15) is 13.5 Å². The molecule has 0 aliphatic carbocycles. The van der Waals surface area contributed by atoms with Crippen molar-refractivity contribution in [2.45, 2.75) is 48.2 Å². The van der Waals surface area contributed by atoms with Crippen molar-refractivity contribution in [3.8, 4) is 0 Å². The number of pyridine rings is 1. The van der Waals surface area contributed by atoms with E-state index in [2.05, 4.69) is 4.98 Å². The third-order valence-corrected chi connectivity index (χ3v) is 7.85. The Kier molecular flexibility index (Phi) is 3.07. The van der Waals surface area contributed by atoms with E-state index in [1.807, 2.05) is 36.4 Å². The second-order valence-electron chi connectivity index (χ2n) is 6.59. The van der Waals surface area contributed by atoms with Gasteiger partial charge in [0.15, 0.2) is 9.84 Å². The maximum Gasteiger partial charge on any atom is 0.156 e. The van der Waals surface area contributed by atoms with E-state index in [1.165, 1.54) is 0 Å². The lowest BCUT2D eigenvalue weighted by Gasteiger charge is -2.43. The van der Waals surface area contributed by atoms with Crippen molar-refractivity contribution >= 4 is 20.7 Å². The Morgan fingerprint density at radius 1 is 1.05 bits per heavy atom. The van der Waals surface area contributed by atoms with Crippen molar-refractivity contribution < 1.29 is 13.5 Å². The van der Waals surface area contributed by atoms with E-state index in [-0.39, 0.29) is 12.8 Å². The number of benzene rings is 1. The first kappa shape index (κ1) is 14.2. The molecule has 2 aliphatic heterocycles. The molecule has 2 aromatic rings. The average Bonchev–Trinajstić information content (AvgIpc) is 2.48. The summed E-state index contributed by atoms with van der Waals surface area (Å²) in [4.78, 5) is 4.60. The minimum atomic E-state index is -3.07. The molecule has 22 heavy (non-hydrogen) atoms. The van der Waals surface area contributed by atoms with Crippen LogP contribution in [0, 0.1) is 0 Å². The molecule has 2 fully saturated rings. The molecule has 2 unspecified atom stereocenters. The molecule has 0 radical (unpaired) electrons. The monoisotopic (exact) mass is 317 g/mol. The van der Waals surface area contributed by atoms with Crippen LogP contribution in [0.25, 0.3) is 10.9 Å². The molecule has 2 atom stereocenters. The molecule has 2 bridgehead atoms. The molecule has 1 N–H and O–H groups in total. The molecule has 0 amide bonds. The molecule has 0 saturated carbocycles. The van der Waals surface area contributed by atoms with Crippen molar-refractivity contribution in [2.24, 2.45) is 0 Å². The first-order valence-corrected chi connectivity index (χ1v) is 9.41. The molecular weight excluding hydrogens is 298 g/mol. The van der Waals surface area contributed by atoms with Gasteiger partial charge < -0.3 is 5.11 Å². The summed E-state index contributed by atoms with van der Waals surface area (Å²) < 4.78 is 24.8. The number of hydrogen-bond acceptors (Lipinski definition) is 4. The molecule has 1 aromatic heterocycles. The number of rotatable bonds is 1. The van der Waals surface area contributed by atoms with Crippen LogP contribution in [-0.2, 0) is 15.4 Å². The number of sulfone groups is 1. The van der Waals surface area contributed by atoms with Crippen LogP contribution in [-0.4, -0.2) is 29.0 Å². The highest BCUT2D eigenvalue weighted by Crippen LogP contribution is 2.45. The van der Waals surface area contributed by atoms with Gasteiger partial charge in [-0.2, -0.15) is 0 Å². The van der Waals surface area contributed by atoms with E-state index >= 15 is 0 Å². The van der Waals surface area contributed by atoms with Gasteiger partial charge in [0, 0.05) is 5.39 Å². The number of fused-ring (bicyclic) bond motifs is 3. The number of aromatic nitrogens is 1. The van der Waals surface area contributed by atoms with Gasteiger partial charge in [-0.25, -0.2) is 13.4 Å². The minimum Gasteiger partial charge on any atom is -0.383 e. The molecule has 4 nitrogen and oxygen atoms in total. The highest BCUT2D eigenvalue weighted by molar-refractivity contribution is 7.92. The number of aliphatic hydroxyl groups is 1. The molecule has 116 valence electrons. The third-order valence-electron chi connectivity index (χ3n) is 5.19. The summed E-state index contributed by atoms with van der Waals surface area (Å²) in [7, 11) is -3.07. The van der Waals surface area contributed by atoms with E-state index in [4.69, 9.17) is 0 Å². The maximum absolute atomic E-state index is 12.4. The quantitative estimate of drug-likeness (QED) is 0.878. The predicted molar refractivity (Wildman–Crippen MR) is 85.2 cm³/mol. The molecule has 0 spiro atoms. The SMILES string of the molecule is O=S1(=O)C2CCCC1CC(O)(c1ccc3ccccc3n1)C2. The Morgan fingerprint density at radius 2 is 1.73 bits per heavy atom. The molecule has 3 heterocycles. The van der Waals surface area contributed by atoms with Crippen LogP contribution in [0.5, 0.6) is 0 Å². The standard InChI is InChI=1S/C17H19NO3S/c19-17(10-13-5-3-6-14(11-17)22(13,20)21)16-9-8-12-4-1-2-7-15(12)18-16/h1-2,4,7-9,13-14,19H,3,5-6,10-11H2. The number of hydrogen-bond donors (Lipinski definition) is 1. The van der Waals surface area contributed by atoms with Crippen LogP contribution < -0.4 is 0 Å². The Balaban J connectivity index is 1.77. The lowest BCUT2D eigenvalue weighted by molar-refractivity contribution is 0.00128. The molecular formula is C17H19NO3S. The highest BCUT2D eigenvalue weighted by atomic mass is 32.2. The van der Waals surface area contributed by atoms with E-state index in [1.54, 1.807) is 0 Å². The van der Waals surface area contributed by atoms with Crippen LogP contribution >= 0.6 is 0 Å². The van der Waals surface area contributed by atoms with Gasteiger partial charge in [-0.15, -0.1) is 0 Å². The fourth-order valence-electron chi connectivity index (χ4n) is 3.98. The van der Waals surface area contributed by atoms with Crippen LogP contribution in [0.3, 0.4) is 0 Å². The summed E-state index contributed by atoms with van der Waals surface area (Å²) >= 11 is 0. The second-order valence-corrected chi connectivity index (χ2v) is 9.10. The van der Waals surface area contributed by atoms with Gasteiger partial charge in [0.25, 0.3) is 0 Å². The molecule has 4 rings (SSSR count). The summed E-state index contributed by atoms with van der Waals surface area (Å²) in [6.45, 7) is 0. The third kappa shape index (κ3) is 2.07. The largest absolute Gasteiger partial charge is 0.383 e. The predicted octanol–water partition coefficient (Wildman–Crippen LogP) is 2.55. The minimum absolute atomic E-state index is 0.275. The van der Waals surface area contributed by atoms with Crippen molar-refractivity contribution in [1.29, 1.82) is 0 Å². The van der Waals surface area contributed by atoms with E-state index in [0.717, 1.165) is 17.3 Å². The molecule has 2 aliphatic rings. The fraction of sp³-hybridized carbons (Fsp3) is 0.471. The Morgan fingerprint density at radius 3 is 2.45 bits per heavy atom. The lowest BCUT2D eigenvalue weighted by atomic mass is 9.83. The van der Waals surface area contributed by atoms with Crippen molar-refractivity contribution in [3.63, 3.8) is 0 Å². The van der Waals surface area contributed by atoms with Crippen LogP contribution in [0.4, 0.5) is 0 Å². The Bertz CT molecular complexity index is 811. The second kappa shape index (κ2) is 4.77. The summed E-state index contributed by atoms with van der Waals surface area (Å²) in [6, 6.07) is 11.6. The van der Waals surface area contributed by atoms with Crippen LogP contribution in [0.15, 0.2) is 36.4 Å². The topological polar surface area (TPSA) is 67.3 Å². The zero-order chi connectivity index (χ0) is 15.4. The normalized spacial score (nSPS) is 33.7. The van der Waals surface area contributed by atoms with Crippen LogP contribution in [0.1, 0.15) is 37.8 Å². The number of nitrogens with zero attached hydrogens (tertiary/aromatic N) is 1. The summed E-state index contributed by atoms with van der Waals surface area (Å²) in [5, 5.41) is 11.3. The van der Waals surface area contributed by atoms with Crippen molar-refractivity contribution in [1.82, 2.24) is 4.98 Å². The summed E-state index contributed by atoms with van der Waals surface area (Å²) in [5.74, 6) is 0. The van der Waals surface area contributed by atoms with E-state index in [0.29, 0.717) is 18.5 Å². The molecule has 2 saturated heterocycles. The van der Waals surface area contributed by atoms with Gasteiger partial charge in [-0.3, -0.25) is 0 Å². The summed E-state index contributed by atoms with van der Waals surface area (Å²) in [5.41, 5.74) is 0.329. The Hall–Kier alpha value is -1.46. The van der Waals surface area contributed by atoms with Gasteiger partial charge in [-0.1, -0.05) is 30.7 Å². The molecule has 5 heteroatoms. The zero-order valence-electron chi connectivity index (χ0n) is 12.3. The van der Waals surface area contributed by atoms with Crippen LogP contribution in [0.2, 0.25) is 0 Å². The van der Waals surface area contributed by atoms with Crippen molar-refractivity contribution in [2.75, 3.05) is 0 Å². The van der Waals surface area contributed by atoms with Gasteiger partial charge in [-0.05, 0) is 37.8 Å². The van der Waals surface area contributed by atoms with Gasteiger partial charge >= 0.3 is 0 Å². The van der Waals surface area contributed by atoms with Crippen molar-refractivity contribution in [3.05, 3.63) is 42.1 Å². The first-order valence-electron chi connectivity index (χ1n) is 7.80. The maximum atomic E-state index is 12.4. The van der Waals surface area contributed by atoms with E-state index < -0.39 is 25.9 Å². The highest BCUT2D eigenvalue weighted by Gasteiger charge is 2.51. The summed E-state index contributed by atoms with van der Waals surface area (Å²) in [6.07, 6.45) is 2.81. The van der Waals surface area contributed by atoms with Gasteiger partial charge in [0.1, 0.15) is 5.60 Å². The van der Waals surface area contributed by atoms with Gasteiger partial charge in [0.2, 0.25) is 0 Å². The lowest BCUT2D eigenvalue weighted by Crippen LogP contribution is -2.50. The molecule has 1 aromatic carbocycles. The fourth-order valence-corrected chi connectivity index (χ4v) is 6.53. The first-order chi connectivity index (χ1) is 10.5.